The van der Waals surface area contributed by atoms with Crippen LogP contribution in [0, 0.1) is 0 Å². The van der Waals surface area contributed by atoms with Crippen LogP contribution in [0.4, 0.5) is 0 Å². The largest absolute Gasteiger partial charge is 0.387 e. The molecule has 0 amide bonds. The van der Waals surface area contributed by atoms with Crippen LogP contribution in [-0.2, 0) is 9.84 Å². The van der Waals surface area contributed by atoms with Crippen LogP contribution in [0.25, 0.3) is 0 Å². The number of sulfone groups is 1. The molecular weight excluding hydrogens is 232 g/mol. The van der Waals surface area contributed by atoms with Crippen LogP contribution in [0.5, 0.6) is 0 Å². The predicted octanol–water partition coefficient (Wildman–Crippen LogP) is 1.44. The van der Waals surface area contributed by atoms with Gasteiger partial charge < -0.3 is 5.11 Å². The SMILES string of the molecule is CC(S)C(O)c1ccc(S(C)(=O)=O)cc1. The second-order valence-corrected chi connectivity index (χ2v) is 6.36. The minimum atomic E-state index is -3.17. The Hall–Kier alpha value is -0.520. The van der Waals surface area contributed by atoms with Gasteiger partial charge in [-0.05, 0) is 17.7 Å². The summed E-state index contributed by atoms with van der Waals surface area (Å²) in [5, 5.41) is 9.48. The summed E-state index contributed by atoms with van der Waals surface area (Å²) in [6.45, 7) is 1.78. The van der Waals surface area contributed by atoms with Crippen LogP contribution >= 0.6 is 12.6 Å². The number of rotatable bonds is 3. The molecule has 0 aliphatic rings. The summed E-state index contributed by atoms with van der Waals surface area (Å²) in [5.74, 6) is 0. The monoisotopic (exact) mass is 246 g/mol. The summed E-state index contributed by atoms with van der Waals surface area (Å²) in [5.41, 5.74) is 0.671. The first-order chi connectivity index (χ1) is 6.82. The third-order valence-corrected chi connectivity index (χ3v) is 3.52. The van der Waals surface area contributed by atoms with Gasteiger partial charge in [0.25, 0.3) is 0 Å². The highest BCUT2D eigenvalue weighted by molar-refractivity contribution is 7.90. The lowest BCUT2D eigenvalue weighted by Crippen LogP contribution is -2.08. The molecule has 0 aliphatic heterocycles. The Morgan fingerprint density at radius 1 is 1.27 bits per heavy atom. The van der Waals surface area contributed by atoms with Crippen molar-refractivity contribution in [3.63, 3.8) is 0 Å². The summed E-state index contributed by atoms with van der Waals surface area (Å²) in [6, 6.07) is 6.19. The first-order valence-corrected chi connectivity index (χ1v) is 6.89. The fraction of sp³-hybridized carbons (Fsp3) is 0.400. The quantitative estimate of drug-likeness (QED) is 0.794. The molecule has 0 saturated carbocycles. The lowest BCUT2D eigenvalue weighted by atomic mass is 10.1. The van der Waals surface area contributed by atoms with Gasteiger partial charge in [-0.25, -0.2) is 8.42 Å². The predicted molar refractivity (Wildman–Crippen MR) is 63.0 cm³/mol. The Kier molecular flexibility index (Phi) is 3.81. The van der Waals surface area contributed by atoms with E-state index in [0.29, 0.717) is 5.56 Å². The van der Waals surface area contributed by atoms with Crippen LogP contribution in [0.3, 0.4) is 0 Å². The summed E-state index contributed by atoms with van der Waals surface area (Å²) >= 11 is 4.12. The molecule has 0 spiro atoms. The van der Waals surface area contributed by atoms with Crippen molar-refractivity contribution >= 4 is 22.5 Å². The lowest BCUT2D eigenvalue weighted by molar-refractivity contribution is 0.180. The summed E-state index contributed by atoms with van der Waals surface area (Å²) in [7, 11) is -3.17. The molecule has 15 heavy (non-hydrogen) atoms. The highest BCUT2D eigenvalue weighted by atomic mass is 32.2. The lowest BCUT2D eigenvalue weighted by Gasteiger charge is -2.14. The number of benzene rings is 1. The molecule has 0 saturated heterocycles. The van der Waals surface area contributed by atoms with Gasteiger partial charge in [0.2, 0.25) is 0 Å². The molecule has 1 rings (SSSR count). The normalized spacial score (nSPS) is 16.0. The van der Waals surface area contributed by atoms with Gasteiger partial charge in [0.15, 0.2) is 9.84 Å². The van der Waals surface area contributed by atoms with E-state index in [1.54, 1.807) is 19.1 Å². The van der Waals surface area contributed by atoms with E-state index in [2.05, 4.69) is 12.6 Å². The van der Waals surface area contributed by atoms with Crippen molar-refractivity contribution in [1.82, 2.24) is 0 Å². The molecule has 1 aromatic carbocycles. The average molecular weight is 246 g/mol. The van der Waals surface area contributed by atoms with Gasteiger partial charge in [-0.2, -0.15) is 12.6 Å². The zero-order valence-corrected chi connectivity index (χ0v) is 10.3. The average Bonchev–Trinajstić information content (AvgIpc) is 2.15. The van der Waals surface area contributed by atoms with Gasteiger partial charge in [0.05, 0.1) is 11.0 Å². The summed E-state index contributed by atoms with van der Waals surface area (Å²) in [4.78, 5) is 0.255. The van der Waals surface area contributed by atoms with Crippen molar-refractivity contribution < 1.29 is 13.5 Å². The molecule has 84 valence electrons. The van der Waals surface area contributed by atoms with Crippen LogP contribution < -0.4 is 0 Å². The second-order valence-electron chi connectivity index (χ2n) is 3.53. The topological polar surface area (TPSA) is 54.4 Å². The van der Waals surface area contributed by atoms with Crippen LogP contribution in [0.2, 0.25) is 0 Å². The van der Waals surface area contributed by atoms with Crippen molar-refractivity contribution in [2.24, 2.45) is 0 Å². The van der Waals surface area contributed by atoms with Crippen molar-refractivity contribution in [3.8, 4) is 0 Å². The molecule has 1 N–H and O–H groups in total. The van der Waals surface area contributed by atoms with E-state index in [9.17, 15) is 13.5 Å². The standard InChI is InChI=1S/C10H14O3S2/c1-7(14)10(11)8-3-5-9(6-4-8)15(2,12)13/h3-7,10-11,14H,1-2H3. The number of aliphatic hydroxyl groups is 1. The van der Waals surface area contributed by atoms with Gasteiger partial charge >= 0.3 is 0 Å². The van der Waals surface area contributed by atoms with Crippen LogP contribution in [0.15, 0.2) is 29.2 Å². The van der Waals surface area contributed by atoms with Crippen LogP contribution in [0.1, 0.15) is 18.6 Å². The molecule has 2 unspecified atom stereocenters. The third-order valence-electron chi connectivity index (χ3n) is 2.11. The van der Waals surface area contributed by atoms with E-state index in [-0.39, 0.29) is 10.1 Å². The minimum absolute atomic E-state index is 0.186. The van der Waals surface area contributed by atoms with Crippen molar-refractivity contribution in [2.45, 2.75) is 23.2 Å². The fourth-order valence-corrected chi connectivity index (χ4v) is 1.99. The van der Waals surface area contributed by atoms with Crippen molar-refractivity contribution in [2.75, 3.05) is 6.26 Å². The Balaban J connectivity index is 3.01. The molecule has 0 heterocycles. The van der Waals surface area contributed by atoms with Gasteiger partial charge in [-0.15, -0.1) is 0 Å². The van der Waals surface area contributed by atoms with E-state index in [4.69, 9.17) is 0 Å². The Morgan fingerprint density at radius 2 is 1.73 bits per heavy atom. The zero-order chi connectivity index (χ0) is 11.6. The Morgan fingerprint density at radius 3 is 2.07 bits per heavy atom. The van der Waals surface area contributed by atoms with Gasteiger partial charge in [0, 0.05) is 11.5 Å². The van der Waals surface area contributed by atoms with Crippen molar-refractivity contribution in [1.29, 1.82) is 0 Å². The molecular formula is C10H14O3S2. The molecule has 2 atom stereocenters. The summed E-state index contributed by atoms with van der Waals surface area (Å²) < 4.78 is 22.3. The Bertz CT molecular complexity index is 420. The van der Waals surface area contributed by atoms with E-state index < -0.39 is 15.9 Å². The van der Waals surface area contributed by atoms with E-state index in [1.807, 2.05) is 0 Å². The molecule has 1 aromatic rings. The maximum Gasteiger partial charge on any atom is 0.175 e. The highest BCUT2D eigenvalue weighted by Gasteiger charge is 2.13. The van der Waals surface area contributed by atoms with Crippen LogP contribution in [-0.4, -0.2) is 25.0 Å². The Labute approximate surface area is 95.5 Å². The number of hydrogen-bond acceptors (Lipinski definition) is 4. The third kappa shape index (κ3) is 3.22. The van der Waals surface area contributed by atoms with Gasteiger partial charge in [0.1, 0.15) is 0 Å². The van der Waals surface area contributed by atoms with Gasteiger partial charge in [-0.1, -0.05) is 19.1 Å². The number of thiol groups is 1. The smallest absolute Gasteiger partial charge is 0.175 e. The van der Waals surface area contributed by atoms with E-state index >= 15 is 0 Å². The molecule has 0 bridgehead atoms. The van der Waals surface area contributed by atoms with Gasteiger partial charge in [-0.3, -0.25) is 0 Å². The molecule has 0 aromatic heterocycles. The fourth-order valence-electron chi connectivity index (χ4n) is 1.19. The maximum atomic E-state index is 11.2. The number of aliphatic hydroxyl groups excluding tert-OH is 1. The molecule has 0 radical (unpaired) electrons. The molecule has 3 nitrogen and oxygen atoms in total. The minimum Gasteiger partial charge on any atom is -0.387 e. The van der Waals surface area contributed by atoms with Crippen molar-refractivity contribution in [3.05, 3.63) is 29.8 Å². The maximum absolute atomic E-state index is 11.2. The zero-order valence-electron chi connectivity index (χ0n) is 8.58. The molecule has 0 aliphatic carbocycles. The molecule has 5 heteroatoms. The molecule has 0 fully saturated rings. The first kappa shape index (κ1) is 12.5. The summed E-state index contributed by atoms with van der Waals surface area (Å²) in [6.07, 6.45) is 0.474. The van der Waals surface area contributed by atoms with E-state index in [0.717, 1.165) is 6.26 Å². The van der Waals surface area contributed by atoms with E-state index in [1.165, 1.54) is 12.1 Å². The first-order valence-electron chi connectivity index (χ1n) is 4.48. The highest BCUT2D eigenvalue weighted by Crippen LogP contribution is 2.21. The number of hydrogen-bond donors (Lipinski definition) is 2. The second kappa shape index (κ2) is 4.55.